The summed E-state index contributed by atoms with van der Waals surface area (Å²) in [5, 5.41) is 9.74. The Bertz CT molecular complexity index is 476. The Balaban J connectivity index is 1.44. The van der Waals surface area contributed by atoms with Gasteiger partial charge in [-0.3, -0.25) is 14.5 Å². The molecule has 0 unspecified atom stereocenters. The van der Waals surface area contributed by atoms with Gasteiger partial charge < -0.3 is 16.0 Å². The van der Waals surface area contributed by atoms with Gasteiger partial charge in [0.1, 0.15) is 0 Å². The molecule has 25 heavy (non-hydrogen) atoms. The van der Waals surface area contributed by atoms with Gasteiger partial charge in [0.15, 0.2) is 0 Å². The first-order chi connectivity index (χ1) is 12.1. The fourth-order valence-corrected chi connectivity index (χ4v) is 4.78. The first-order valence-electron chi connectivity index (χ1n) is 10.1. The lowest BCUT2D eigenvalue weighted by Gasteiger charge is -2.39. The van der Waals surface area contributed by atoms with Crippen LogP contribution in [0.4, 0.5) is 0 Å². The number of hydrogen-bond donors (Lipinski definition) is 3. The largest absolute Gasteiger partial charge is 0.355 e. The molecule has 0 radical (unpaired) electrons. The van der Waals surface area contributed by atoms with E-state index in [4.69, 9.17) is 0 Å². The Morgan fingerprint density at radius 3 is 2.76 bits per heavy atom. The Hall–Kier alpha value is -1.14. The van der Waals surface area contributed by atoms with Crippen molar-refractivity contribution in [2.45, 2.75) is 57.9 Å². The predicted octanol–water partition coefficient (Wildman–Crippen LogP) is 0.873. The average Bonchev–Trinajstić information content (AvgIpc) is 3.07. The van der Waals surface area contributed by atoms with E-state index >= 15 is 0 Å². The minimum atomic E-state index is -0.157. The van der Waals surface area contributed by atoms with E-state index in [1.807, 2.05) is 0 Å². The molecule has 0 spiro atoms. The number of nitrogens with zero attached hydrogens (tertiary/aromatic N) is 1. The number of carbonyl (C=O) groups is 2. The summed E-state index contributed by atoms with van der Waals surface area (Å²) in [6.07, 6.45) is 7.52. The van der Waals surface area contributed by atoms with Gasteiger partial charge in [-0.15, -0.1) is 0 Å². The molecule has 2 saturated heterocycles. The summed E-state index contributed by atoms with van der Waals surface area (Å²) in [6, 6.07) is 0.264. The van der Waals surface area contributed by atoms with Crippen LogP contribution in [0.2, 0.25) is 0 Å². The van der Waals surface area contributed by atoms with E-state index in [0.717, 1.165) is 58.4 Å². The summed E-state index contributed by atoms with van der Waals surface area (Å²) in [7, 11) is 0. The van der Waals surface area contributed by atoms with E-state index in [0.29, 0.717) is 12.5 Å². The second kappa shape index (κ2) is 8.49. The molecule has 2 atom stereocenters. The van der Waals surface area contributed by atoms with Crippen LogP contribution >= 0.6 is 0 Å². The molecule has 142 valence electrons. The number of hydrogen-bond acceptors (Lipinski definition) is 4. The van der Waals surface area contributed by atoms with Gasteiger partial charge in [0.05, 0.1) is 12.0 Å². The number of rotatable bonds is 6. The maximum Gasteiger partial charge on any atom is 0.234 e. The zero-order valence-electron chi connectivity index (χ0n) is 15.6. The SMILES string of the molecule is CCCNC(=O)CN1CCC(NC(=O)[C@@]23CCCC[C@H]2CNC3)CC1. The number of amides is 2. The molecular formula is C19H34N4O2. The molecule has 0 aromatic heterocycles. The maximum absolute atomic E-state index is 13.0. The molecular weight excluding hydrogens is 316 g/mol. The van der Waals surface area contributed by atoms with Gasteiger partial charge in [-0.05, 0) is 44.6 Å². The van der Waals surface area contributed by atoms with E-state index in [2.05, 4.69) is 27.8 Å². The fraction of sp³-hybridized carbons (Fsp3) is 0.895. The molecule has 2 amide bonds. The van der Waals surface area contributed by atoms with E-state index < -0.39 is 0 Å². The van der Waals surface area contributed by atoms with Crippen molar-refractivity contribution in [1.82, 2.24) is 20.9 Å². The minimum absolute atomic E-state index is 0.116. The van der Waals surface area contributed by atoms with E-state index in [-0.39, 0.29) is 23.3 Å². The lowest BCUT2D eigenvalue weighted by atomic mass is 9.67. The third-order valence-electron chi connectivity index (χ3n) is 6.35. The summed E-state index contributed by atoms with van der Waals surface area (Å²) < 4.78 is 0. The molecule has 2 heterocycles. The van der Waals surface area contributed by atoms with E-state index in [1.54, 1.807) is 0 Å². The van der Waals surface area contributed by atoms with Crippen LogP contribution in [-0.2, 0) is 9.59 Å². The third kappa shape index (κ3) is 4.34. The summed E-state index contributed by atoms with van der Waals surface area (Å²) in [6.45, 7) is 6.92. The van der Waals surface area contributed by atoms with Crippen LogP contribution in [0, 0.1) is 11.3 Å². The quantitative estimate of drug-likeness (QED) is 0.665. The Morgan fingerprint density at radius 1 is 1.20 bits per heavy atom. The van der Waals surface area contributed by atoms with Crippen molar-refractivity contribution in [3.05, 3.63) is 0 Å². The number of carbonyl (C=O) groups excluding carboxylic acids is 2. The smallest absolute Gasteiger partial charge is 0.234 e. The van der Waals surface area contributed by atoms with Gasteiger partial charge in [-0.1, -0.05) is 19.8 Å². The van der Waals surface area contributed by atoms with Crippen LogP contribution < -0.4 is 16.0 Å². The van der Waals surface area contributed by atoms with Crippen molar-refractivity contribution >= 4 is 11.8 Å². The van der Waals surface area contributed by atoms with Crippen molar-refractivity contribution in [3.8, 4) is 0 Å². The van der Waals surface area contributed by atoms with E-state index in [9.17, 15) is 9.59 Å². The van der Waals surface area contributed by atoms with E-state index in [1.165, 1.54) is 19.3 Å². The number of nitrogens with one attached hydrogen (secondary N) is 3. The molecule has 3 fully saturated rings. The fourth-order valence-electron chi connectivity index (χ4n) is 4.78. The molecule has 1 saturated carbocycles. The van der Waals surface area contributed by atoms with Crippen LogP contribution in [0.15, 0.2) is 0 Å². The Labute approximate surface area is 151 Å². The molecule has 3 aliphatic rings. The van der Waals surface area contributed by atoms with Gasteiger partial charge in [0.2, 0.25) is 11.8 Å². The molecule has 3 N–H and O–H groups in total. The Morgan fingerprint density at radius 2 is 2.00 bits per heavy atom. The zero-order chi connectivity index (χ0) is 17.7. The molecule has 0 aromatic rings. The minimum Gasteiger partial charge on any atom is -0.355 e. The third-order valence-corrected chi connectivity index (χ3v) is 6.35. The van der Waals surface area contributed by atoms with Crippen molar-refractivity contribution < 1.29 is 9.59 Å². The lowest BCUT2D eigenvalue weighted by Crippen LogP contribution is -2.53. The van der Waals surface area contributed by atoms with Gasteiger partial charge >= 0.3 is 0 Å². The predicted molar refractivity (Wildman–Crippen MR) is 98.2 cm³/mol. The standard InChI is InChI=1S/C19H34N4O2/c1-2-9-21-17(24)13-23-10-6-16(7-11-23)22-18(25)19-8-4-3-5-15(19)12-20-14-19/h15-16,20H,2-14H2,1H3,(H,21,24)(H,22,25)/t15-,19+/m0/s1. The zero-order valence-corrected chi connectivity index (χ0v) is 15.6. The van der Waals surface area contributed by atoms with Gasteiger partial charge in [0, 0.05) is 32.2 Å². The van der Waals surface area contributed by atoms with Crippen molar-refractivity contribution in [3.63, 3.8) is 0 Å². The highest BCUT2D eigenvalue weighted by Gasteiger charge is 2.50. The highest BCUT2D eigenvalue weighted by atomic mass is 16.2. The van der Waals surface area contributed by atoms with Crippen LogP contribution in [0.5, 0.6) is 0 Å². The van der Waals surface area contributed by atoms with Crippen LogP contribution in [-0.4, -0.2) is 62.0 Å². The number of piperidine rings is 1. The molecule has 2 aliphatic heterocycles. The average molecular weight is 351 g/mol. The maximum atomic E-state index is 13.0. The normalized spacial score (nSPS) is 30.7. The second-order valence-corrected chi connectivity index (χ2v) is 8.10. The van der Waals surface area contributed by atoms with Gasteiger partial charge in [0.25, 0.3) is 0 Å². The Kier molecular flexibility index (Phi) is 6.34. The van der Waals surface area contributed by atoms with Crippen LogP contribution in [0.25, 0.3) is 0 Å². The van der Waals surface area contributed by atoms with Crippen molar-refractivity contribution in [1.29, 1.82) is 0 Å². The first kappa shape index (κ1) is 18.6. The molecule has 6 nitrogen and oxygen atoms in total. The molecule has 1 aliphatic carbocycles. The monoisotopic (exact) mass is 350 g/mol. The van der Waals surface area contributed by atoms with Crippen LogP contribution in [0.3, 0.4) is 0 Å². The van der Waals surface area contributed by atoms with Gasteiger partial charge in [-0.2, -0.15) is 0 Å². The number of likely N-dealkylation sites (tertiary alicyclic amines) is 1. The topological polar surface area (TPSA) is 73.5 Å². The van der Waals surface area contributed by atoms with Crippen LogP contribution in [0.1, 0.15) is 51.9 Å². The summed E-state index contributed by atoms with van der Waals surface area (Å²) in [5.74, 6) is 0.912. The summed E-state index contributed by atoms with van der Waals surface area (Å²) >= 11 is 0. The van der Waals surface area contributed by atoms with Gasteiger partial charge in [-0.25, -0.2) is 0 Å². The highest BCUT2D eigenvalue weighted by Crippen LogP contribution is 2.44. The molecule has 0 bridgehead atoms. The molecule has 6 heteroatoms. The molecule has 3 rings (SSSR count). The lowest BCUT2D eigenvalue weighted by molar-refractivity contribution is -0.135. The summed E-state index contributed by atoms with van der Waals surface area (Å²) in [5.41, 5.74) is -0.157. The van der Waals surface area contributed by atoms with Crippen molar-refractivity contribution in [2.24, 2.45) is 11.3 Å². The first-order valence-corrected chi connectivity index (χ1v) is 10.1. The summed E-state index contributed by atoms with van der Waals surface area (Å²) in [4.78, 5) is 27.0. The second-order valence-electron chi connectivity index (χ2n) is 8.10. The molecule has 0 aromatic carbocycles. The van der Waals surface area contributed by atoms with Crippen molar-refractivity contribution in [2.75, 3.05) is 39.3 Å². The highest BCUT2D eigenvalue weighted by molar-refractivity contribution is 5.84. The number of fused-ring (bicyclic) bond motifs is 1.